The topological polar surface area (TPSA) is 40.6 Å². The third-order valence-electron chi connectivity index (χ3n) is 4.83. The van der Waals surface area contributed by atoms with Gasteiger partial charge in [-0.25, -0.2) is 0 Å². The maximum absolute atomic E-state index is 12.8. The van der Waals surface area contributed by atoms with Crippen molar-refractivity contribution in [3.05, 3.63) is 29.3 Å². The van der Waals surface area contributed by atoms with Crippen LogP contribution in [0.25, 0.3) is 0 Å². The van der Waals surface area contributed by atoms with Crippen LogP contribution in [0.4, 0.5) is 5.69 Å². The van der Waals surface area contributed by atoms with Crippen LogP contribution in [0.3, 0.4) is 0 Å². The maximum atomic E-state index is 12.8. The van der Waals surface area contributed by atoms with Crippen LogP contribution in [0.1, 0.15) is 49.0 Å². The van der Waals surface area contributed by atoms with Gasteiger partial charge in [-0.1, -0.05) is 0 Å². The molecule has 2 amide bonds. The van der Waals surface area contributed by atoms with E-state index in [1.54, 1.807) is 11.9 Å². The van der Waals surface area contributed by atoms with E-state index in [0.717, 1.165) is 24.1 Å². The molecule has 2 aliphatic rings. The van der Waals surface area contributed by atoms with Gasteiger partial charge in [0.1, 0.15) is 0 Å². The molecule has 2 heterocycles. The number of benzene rings is 1. The molecule has 112 valence electrons. The van der Waals surface area contributed by atoms with E-state index < -0.39 is 0 Å². The molecular formula is C17H22N2O2. The SMILES string of the molecule is CC1CCCC(C)N1C(=O)c1ccc2c(c1)CC(=O)N2C. The lowest BCUT2D eigenvalue weighted by Gasteiger charge is -2.39. The molecule has 0 aliphatic carbocycles. The van der Waals surface area contributed by atoms with Crippen molar-refractivity contribution in [3.8, 4) is 0 Å². The molecule has 0 saturated carbocycles. The normalized spacial score (nSPS) is 25.2. The number of likely N-dealkylation sites (N-methyl/N-ethyl adjacent to an activating group) is 1. The highest BCUT2D eigenvalue weighted by Crippen LogP contribution is 2.30. The highest BCUT2D eigenvalue weighted by Gasteiger charge is 2.31. The molecule has 0 N–H and O–H groups in total. The number of hydrogen-bond donors (Lipinski definition) is 0. The first-order valence-electron chi connectivity index (χ1n) is 7.71. The molecule has 1 fully saturated rings. The second-order valence-electron chi connectivity index (χ2n) is 6.31. The molecular weight excluding hydrogens is 264 g/mol. The Labute approximate surface area is 125 Å². The number of amides is 2. The van der Waals surface area contributed by atoms with Crippen molar-refractivity contribution in [1.29, 1.82) is 0 Å². The number of likely N-dealkylation sites (tertiary alicyclic amines) is 1. The molecule has 1 aromatic carbocycles. The van der Waals surface area contributed by atoms with E-state index in [0.29, 0.717) is 24.1 Å². The molecule has 2 atom stereocenters. The van der Waals surface area contributed by atoms with Gasteiger partial charge in [-0.15, -0.1) is 0 Å². The van der Waals surface area contributed by atoms with Crippen molar-refractivity contribution in [2.24, 2.45) is 0 Å². The quantitative estimate of drug-likeness (QED) is 0.796. The minimum absolute atomic E-state index is 0.0920. The molecule has 2 unspecified atom stereocenters. The van der Waals surface area contributed by atoms with E-state index in [1.807, 2.05) is 23.1 Å². The number of fused-ring (bicyclic) bond motifs is 1. The van der Waals surface area contributed by atoms with Crippen molar-refractivity contribution in [3.63, 3.8) is 0 Å². The number of piperidine rings is 1. The molecule has 1 aromatic rings. The summed E-state index contributed by atoms with van der Waals surface area (Å²) in [6, 6.07) is 6.22. The predicted molar refractivity (Wildman–Crippen MR) is 82.5 cm³/mol. The fourth-order valence-electron chi connectivity index (χ4n) is 3.57. The third-order valence-corrected chi connectivity index (χ3v) is 4.83. The molecule has 1 saturated heterocycles. The smallest absolute Gasteiger partial charge is 0.254 e. The Morgan fingerprint density at radius 2 is 1.86 bits per heavy atom. The summed E-state index contributed by atoms with van der Waals surface area (Å²) in [6.07, 6.45) is 3.73. The van der Waals surface area contributed by atoms with Gasteiger partial charge in [0.25, 0.3) is 5.91 Å². The Kier molecular flexibility index (Phi) is 3.47. The zero-order valence-electron chi connectivity index (χ0n) is 12.9. The van der Waals surface area contributed by atoms with Crippen LogP contribution >= 0.6 is 0 Å². The first-order chi connectivity index (χ1) is 9.99. The van der Waals surface area contributed by atoms with Crippen LogP contribution in [-0.2, 0) is 11.2 Å². The highest BCUT2D eigenvalue weighted by atomic mass is 16.2. The van der Waals surface area contributed by atoms with Gasteiger partial charge in [0.15, 0.2) is 0 Å². The molecule has 21 heavy (non-hydrogen) atoms. The Morgan fingerprint density at radius 1 is 1.19 bits per heavy atom. The van der Waals surface area contributed by atoms with Crippen molar-refractivity contribution in [2.45, 2.75) is 51.6 Å². The van der Waals surface area contributed by atoms with Crippen molar-refractivity contribution < 1.29 is 9.59 Å². The number of nitrogens with zero attached hydrogens (tertiary/aromatic N) is 2. The first kappa shape index (κ1) is 14.1. The average Bonchev–Trinajstić information content (AvgIpc) is 2.73. The average molecular weight is 286 g/mol. The molecule has 3 rings (SSSR count). The minimum atomic E-state index is 0.0920. The van der Waals surface area contributed by atoms with E-state index in [1.165, 1.54) is 6.42 Å². The van der Waals surface area contributed by atoms with Gasteiger partial charge < -0.3 is 9.80 Å². The molecule has 0 spiro atoms. The van der Waals surface area contributed by atoms with Gasteiger partial charge in [-0.05, 0) is 56.9 Å². The van der Waals surface area contributed by atoms with Crippen LogP contribution in [0.15, 0.2) is 18.2 Å². The molecule has 0 bridgehead atoms. The fourth-order valence-corrected chi connectivity index (χ4v) is 3.57. The largest absolute Gasteiger partial charge is 0.333 e. The molecule has 0 aromatic heterocycles. The number of hydrogen-bond acceptors (Lipinski definition) is 2. The maximum Gasteiger partial charge on any atom is 0.254 e. The van der Waals surface area contributed by atoms with Gasteiger partial charge in [-0.2, -0.15) is 0 Å². The monoisotopic (exact) mass is 286 g/mol. The summed E-state index contributed by atoms with van der Waals surface area (Å²) in [4.78, 5) is 28.2. The van der Waals surface area contributed by atoms with Crippen molar-refractivity contribution in [1.82, 2.24) is 4.90 Å². The van der Waals surface area contributed by atoms with Crippen molar-refractivity contribution in [2.75, 3.05) is 11.9 Å². The van der Waals surface area contributed by atoms with Crippen LogP contribution in [-0.4, -0.2) is 35.8 Å². The summed E-state index contributed by atoms with van der Waals surface area (Å²) in [5.74, 6) is 0.189. The number of carbonyl (C=O) groups is 2. The first-order valence-corrected chi connectivity index (χ1v) is 7.71. The minimum Gasteiger partial charge on any atom is -0.333 e. The summed E-state index contributed by atoms with van der Waals surface area (Å²) >= 11 is 0. The molecule has 2 aliphatic heterocycles. The van der Waals surface area contributed by atoms with Gasteiger partial charge in [0, 0.05) is 30.4 Å². The third kappa shape index (κ3) is 2.33. The van der Waals surface area contributed by atoms with E-state index in [9.17, 15) is 9.59 Å². The van der Waals surface area contributed by atoms with Gasteiger partial charge in [0.2, 0.25) is 5.91 Å². The lowest BCUT2D eigenvalue weighted by Crippen LogP contribution is -2.47. The number of anilines is 1. The van der Waals surface area contributed by atoms with Gasteiger partial charge >= 0.3 is 0 Å². The van der Waals surface area contributed by atoms with Crippen LogP contribution in [0, 0.1) is 0 Å². The standard InChI is InChI=1S/C17H22N2O2/c1-11-5-4-6-12(2)19(11)17(21)13-7-8-15-14(9-13)10-16(20)18(15)3/h7-9,11-12H,4-6,10H2,1-3H3. The van der Waals surface area contributed by atoms with E-state index in [2.05, 4.69) is 13.8 Å². The Hall–Kier alpha value is -1.84. The zero-order chi connectivity index (χ0) is 15.1. The lowest BCUT2D eigenvalue weighted by atomic mass is 9.96. The fraction of sp³-hybridized carbons (Fsp3) is 0.529. The van der Waals surface area contributed by atoms with Crippen LogP contribution in [0.5, 0.6) is 0 Å². The van der Waals surface area contributed by atoms with E-state index in [-0.39, 0.29) is 11.8 Å². The van der Waals surface area contributed by atoms with E-state index in [4.69, 9.17) is 0 Å². The van der Waals surface area contributed by atoms with Gasteiger partial charge in [-0.3, -0.25) is 9.59 Å². The Balaban J connectivity index is 1.89. The summed E-state index contributed by atoms with van der Waals surface area (Å²) < 4.78 is 0. The lowest BCUT2D eigenvalue weighted by molar-refractivity contribution is -0.117. The summed E-state index contributed by atoms with van der Waals surface area (Å²) in [6.45, 7) is 4.25. The van der Waals surface area contributed by atoms with Gasteiger partial charge in [0.05, 0.1) is 6.42 Å². The molecule has 4 heteroatoms. The van der Waals surface area contributed by atoms with Crippen LogP contribution in [0.2, 0.25) is 0 Å². The van der Waals surface area contributed by atoms with E-state index >= 15 is 0 Å². The second kappa shape index (κ2) is 5.17. The summed E-state index contributed by atoms with van der Waals surface area (Å²) in [5, 5.41) is 0. The molecule has 4 nitrogen and oxygen atoms in total. The second-order valence-corrected chi connectivity index (χ2v) is 6.31. The summed E-state index contributed by atoms with van der Waals surface area (Å²) in [5.41, 5.74) is 2.60. The predicted octanol–water partition coefficient (Wildman–Crippen LogP) is 2.61. The Morgan fingerprint density at radius 3 is 2.52 bits per heavy atom. The van der Waals surface area contributed by atoms with Crippen molar-refractivity contribution >= 4 is 17.5 Å². The Bertz CT molecular complexity index is 586. The number of rotatable bonds is 1. The molecule has 0 radical (unpaired) electrons. The number of carbonyl (C=O) groups excluding carboxylic acids is 2. The highest BCUT2D eigenvalue weighted by molar-refractivity contribution is 6.03. The summed E-state index contributed by atoms with van der Waals surface area (Å²) in [7, 11) is 1.78. The zero-order valence-corrected chi connectivity index (χ0v) is 12.9. The van der Waals surface area contributed by atoms with Crippen LogP contribution < -0.4 is 4.90 Å².